The Labute approximate surface area is 180 Å². The second-order valence-electron chi connectivity index (χ2n) is 7.24. The summed E-state index contributed by atoms with van der Waals surface area (Å²) in [7, 11) is -2.60. The van der Waals surface area contributed by atoms with Crippen LogP contribution in [0.25, 0.3) is 0 Å². The van der Waals surface area contributed by atoms with Crippen molar-refractivity contribution in [1.29, 1.82) is 0 Å². The Morgan fingerprint density at radius 2 is 1.11 bits per heavy atom. The molecule has 0 atom stereocenters. The van der Waals surface area contributed by atoms with Crippen molar-refractivity contribution >= 4 is 25.7 Å². The molecule has 0 aliphatic carbocycles. The Bertz CT molecular complexity index is 338. The van der Waals surface area contributed by atoms with Crippen LogP contribution in [0.15, 0.2) is 0 Å². The van der Waals surface area contributed by atoms with E-state index in [2.05, 4.69) is 6.92 Å². The highest BCUT2D eigenvalue weighted by Crippen LogP contribution is 2.21. The molecule has 4 nitrogen and oxygen atoms in total. The smallest absolute Gasteiger partial charge is 0.374 e. The maximum atomic E-state index is 12.1. The summed E-state index contributed by atoms with van der Waals surface area (Å²) in [5, 5.41) is 0.295. The van der Waals surface area contributed by atoms with E-state index < -0.39 is 8.80 Å². The lowest BCUT2D eigenvalue weighted by atomic mass is 10.1. The van der Waals surface area contributed by atoms with Crippen molar-refractivity contribution in [2.24, 2.45) is 0 Å². The van der Waals surface area contributed by atoms with E-state index in [0.29, 0.717) is 37.4 Å². The summed E-state index contributed by atoms with van der Waals surface area (Å²) in [6, 6.07) is 0.706. The van der Waals surface area contributed by atoms with Crippen molar-refractivity contribution in [3.05, 3.63) is 0 Å². The van der Waals surface area contributed by atoms with E-state index in [4.69, 9.17) is 13.3 Å². The van der Waals surface area contributed by atoms with E-state index in [1.807, 2.05) is 20.8 Å². The van der Waals surface area contributed by atoms with Gasteiger partial charge in [-0.1, -0.05) is 82.9 Å². The molecule has 0 heterocycles. The Kier molecular flexibility index (Phi) is 20.5. The van der Waals surface area contributed by atoms with Crippen molar-refractivity contribution < 1.29 is 18.1 Å². The van der Waals surface area contributed by atoms with E-state index in [0.717, 1.165) is 12.2 Å². The Morgan fingerprint density at radius 1 is 0.679 bits per heavy atom. The largest absolute Gasteiger partial charge is 0.501 e. The van der Waals surface area contributed by atoms with E-state index in [-0.39, 0.29) is 0 Å². The molecule has 0 aliphatic heterocycles. The fourth-order valence-corrected chi connectivity index (χ4v) is 7.22. The average molecular weight is 435 g/mol. The van der Waals surface area contributed by atoms with E-state index in [1.54, 1.807) is 0 Å². The van der Waals surface area contributed by atoms with E-state index in [9.17, 15) is 4.79 Å². The second-order valence-corrected chi connectivity index (χ2v) is 11.1. The zero-order valence-corrected chi connectivity index (χ0v) is 20.9. The van der Waals surface area contributed by atoms with Crippen LogP contribution >= 0.6 is 11.8 Å². The first kappa shape index (κ1) is 28.1. The van der Waals surface area contributed by atoms with Crippen LogP contribution in [-0.2, 0) is 18.1 Å². The van der Waals surface area contributed by atoms with Crippen molar-refractivity contribution in [2.75, 3.05) is 25.6 Å². The Balaban J connectivity index is 3.70. The maximum Gasteiger partial charge on any atom is 0.501 e. The van der Waals surface area contributed by atoms with Gasteiger partial charge in [-0.05, 0) is 27.2 Å². The molecule has 0 aromatic carbocycles. The SMILES string of the molecule is CCCCCCCCCCCCCC(=O)SCC[Si](OCC)(OCC)OCC. The lowest BCUT2D eigenvalue weighted by Crippen LogP contribution is -2.46. The normalized spacial score (nSPS) is 11.9. The molecule has 0 aromatic rings. The molecule has 0 amide bonds. The van der Waals surface area contributed by atoms with Crippen LogP contribution in [0.2, 0.25) is 6.04 Å². The molecular formula is C22H46O4SSi. The number of carbonyl (C=O) groups is 1. The van der Waals surface area contributed by atoms with Crippen LogP contribution in [0.1, 0.15) is 105 Å². The molecule has 0 rings (SSSR count). The molecule has 0 aromatic heterocycles. The number of carbonyl (C=O) groups excluding carboxylic acids is 1. The third-order valence-corrected chi connectivity index (χ3v) is 9.09. The Morgan fingerprint density at radius 3 is 1.54 bits per heavy atom. The lowest BCUT2D eigenvalue weighted by Gasteiger charge is -2.28. The number of unbranched alkanes of at least 4 members (excludes halogenated alkanes) is 10. The zero-order valence-electron chi connectivity index (χ0n) is 19.1. The van der Waals surface area contributed by atoms with E-state index >= 15 is 0 Å². The van der Waals surface area contributed by atoms with Crippen molar-refractivity contribution in [2.45, 2.75) is 111 Å². The molecule has 0 saturated carbocycles. The van der Waals surface area contributed by atoms with Gasteiger partial charge in [-0.15, -0.1) is 0 Å². The molecule has 168 valence electrons. The highest BCUT2D eigenvalue weighted by atomic mass is 32.2. The van der Waals surface area contributed by atoms with Crippen molar-refractivity contribution in [3.63, 3.8) is 0 Å². The van der Waals surface area contributed by atoms with Gasteiger partial charge in [0.25, 0.3) is 0 Å². The first-order valence-corrected chi connectivity index (χ1v) is 14.6. The van der Waals surface area contributed by atoms with Gasteiger partial charge in [0.15, 0.2) is 5.12 Å². The average Bonchev–Trinajstić information content (AvgIpc) is 2.67. The minimum Gasteiger partial charge on any atom is -0.374 e. The topological polar surface area (TPSA) is 44.8 Å². The van der Waals surface area contributed by atoms with Crippen LogP contribution in [0.5, 0.6) is 0 Å². The molecule has 0 saturated heterocycles. The van der Waals surface area contributed by atoms with Crippen LogP contribution in [-0.4, -0.2) is 39.5 Å². The summed E-state index contributed by atoms with van der Waals surface area (Å²) in [6.45, 7) is 9.91. The summed E-state index contributed by atoms with van der Waals surface area (Å²) in [4.78, 5) is 12.1. The van der Waals surface area contributed by atoms with Crippen LogP contribution in [0, 0.1) is 0 Å². The molecule has 0 radical (unpaired) electrons. The van der Waals surface area contributed by atoms with Gasteiger partial charge in [0, 0.05) is 38.0 Å². The van der Waals surface area contributed by atoms with Gasteiger partial charge in [0.2, 0.25) is 0 Å². The van der Waals surface area contributed by atoms with Crippen molar-refractivity contribution in [3.8, 4) is 0 Å². The number of rotatable bonds is 21. The van der Waals surface area contributed by atoms with Gasteiger partial charge in [-0.3, -0.25) is 4.79 Å². The molecule has 0 unspecified atom stereocenters. The third-order valence-electron chi connectivity index (χ3n) is 4.75. The third kappa shape index (κ3) is 16.0. The van der Waals surface area contributed by atoms with Gasteiger partial charge in [-0.2, -0.15) is 0 Å². The molecular weight excluding hydrogens is 388 g/mol. The predicted molar refractivity (Wildman–Crippen MR) is 124 cm³/mol. The van der Waals surface area contributed by atoms with Gasteiger partial charge in [0.1, 0.15) is 0 Å². The summed E-state index contributed by atoms with van der Waals surface area (Å²) in [5.74, 6) is 0.725. The maximum absolute atomic E-state index is 12.1. The summed E-state index contributed by atoms with van der Waals surface area (Å²) >= 11 is 1.42. The summed E-state index contributed by atoms with van der Waals surface area (Å²) in [5.41, 5.74) is 0. The first-order valence-electron chi connectivity index (χ1n) is 11.7. The van der Waals surface area contributed by atoms with Crippen LogP contribution in [0.4, 0.5) is 0 Å². The van der Waals surface area contributed by atoms with Crippen LogP contribution < -0.4 is 0 Å². The monoisotopic (exact) mass is 434 g/mol. The second kappa shape index (κ2) is 20.4. The molecule has 28 heavy (non-hydrogen) atoms. The minimum atomic E-state index is -2.60. The molecule has 0 aliphatic rings. The van der Waals surface area contributed by atoms with Crippen molar-refractivity contribution in [1.82, 2.24) is 0 Å². The van der Waals surface area contributed by atoms with Gasteiger partial charge in [0.05, 0.1) is 0 Å². The molecule has 0 fully saturated rings. The fourth-order valence-electron chi connectivity index (χ4n) is 3.30. The molecule has 6 heteroatoms. The van der Waals surface area contributed by atoms with Gasteiger partial charge >= 0.3 is 8.80 Å². The highest BCUT2D eigenvalue weighted by molar-refractivity contribution is 8.13. The zero-order chi connectivity index (χ0) is 20.9. The van der Waals surface area contributed by atoms with Gasteiger partial charge < -0.3 is 13.3 Å². The number of thioether (sulfide) groups is 1. The summed E-state index contributed by atoms with van der Waals surface area (Å²) < 4.78 is 17.5. The molecule has 0 spiro atoms. The Hall–Kier alpha value is 0.117. The lowest BCUT2D eigenvalue weighted by molar-refractivity contribution is -0.111. The predicted octanol–water partition coefficient (Wildman–Crippen LogP) is 7.00. The van der Waals surface area contributed by atoms with E-state index in [1.165, 1.54) is 76.0 Å². The summed E-state index contributed by atoms with van der Waals surface area (Å²) in [6.07, 6.45) is 15.1. The van der Waals surface area contributed by atoms with Gasteiger partial charge in [-0.25, -0.2) is 0 Å². The quantitative estimate of drug-likeness (QED) is 0.144. The molecule has 0 N–H and O–H groups in total. The fraction of sp³-hybridized carbons (Fsp3) is 0.955. The standard InChI is InChI=1S/C22H46O4SSi/c1-5-9-10-11-12-13-14-15-16-17-18-19-22(23)27-20-21-28(24-6-2,25-7-3)26-8-4/h5-21H2,1-4H3. The van der Waals surface area contributed by atoms with Crippen LogP contribution in [0.3, 0.4) is 0 Å². The number of hydrogen-bond donors (Lipinski definition) is 0. The molecule has 0 bridgehead atoms. The first-order chi connectivity index (χ1) is 13.6. The number of hydrogen-bond acceptors (Lipinski definition) is 5. The minimum absolute atomic E-state index is 0.295. The highest BCUT2D eigenvalue weighted by Gasteiger charge is 2.39.